The molecule has 1 heterocycles. The number of hydrogen-bond donors (Lipinski definition) is 1. The average molecular weight is 421 g/mol. The molecule has 0 bridgehead atoms. The van der Waals surface area contributed by atoms with Gasteiger partial charge in [-0.3, -0.25) is 19.3 Å². The molecule has 9 heteroatoms. The average Bonchev–Trinajstić information content (AvgIpc) is 2.90. The van der Waals surface area contributed by atoms with Crippen LogP contribution in [0.2, 0.25) is 5.02 Å². The number of primary amides is 1. The first-order chi connectivity index (χ1) is 13.3. The Labute approximate surface area is 169 Å². The van der Waals surface area contributed by atoms with Gasteiger partial charge in [-0.2, -0.15) is 0 Å². The maximum absolute atomic E-state index is 14.0. The maximum Gasteiger partial charge on any atom is 0.293 e. The first kappa shape index (κ1) is 19.9. The molecule has 0 spiro atoms. The predicted molar refractivity (Wildman–Crippen MR) is 104 cm³/mol. The number of benzene rings is 2. The van der Waals surface area contributed by atoms with Crippen LogP contribution in [0, 0.1) is 5.82 Å². The molecule has 2 aromatic rings. The van der Waals surface area contributed by atoms with Gasteiger partial charge in [-0.1, -0.05) is 29.8 Å². The van der Waals surface area contributed by atoms with Crippen LogP contribution >= 0.6 is 23.4 Å². The summed E-state index contributed by atoms with van der Waals surface area (Å²) in [4.78, 5) is 36.8. The highest BCUT2D eigenvalue weighted by molar-refractivity contribution is 8.18. The van der Waals surface area contributed by atoms with Crippen molar-refractivity contribution in [1.82, 2.24) is 4.90 Å². The Hall–Kier alpha value is -2.84. The molecule has 0 aromatic heterocycles. The van der Waals surface area contributed by atoms with Crippen molar-refractivity contribution in [3.63, 3.8) is 0 Å². The van der Waals surface area contributed by atoms with E-state index < -0.39 is 22.9 Å². The van der Waals surface area contributed by atoms with Gasteiger partial charge in [-0.05, 0) is 47.7 Å². The van der Waals surface area contributed by atoms with E-state index in [1.54, 1.807) is 24.3 Å². The van der Waals surface area contributed by atoms with Gasteiger partial charge in [0.05, 0.1) is 11.4 Å². The zero-order valence-electron chi connectivity index (χ0n) is 14.4. The third-order valence-corrected chi connectivity index (χ3v) is 5.05. The van der Waals surface area contributed by atoms with Gasteiger partial charge in [0.25, 0.3) is 17.1 Å². The Bertz CT molecular complexity index is 975. The van der Waals surface area contributed by atoms with Crippen LogP contribution in [0.1, 0.15) is 11.1 Å². The number of hydrogen-bond acceptors (Lipinski definition) is 5. The minimum absolute atomic E-state index is 0.0783. The van der Waals surface area contributed by atoms with Crippen molar-refractivity contribution < 1.29 is 23.5 Å². The van der Waals surface area contributed by atoms with Crippen molar-refractivity contribution in [3.8, 4) is 5.75 Å². The molecule has 0 saturated carbocycles. The maximum atomic E-state index is 14.0. The quantitative estimate of drug-likeness (QED) is 0.721. The molecule has 1 fully saturated rings. The van der Waals surface area contributed by atoms with Crippen LogP contribution in [0.3, 0.4) is 0 Å². The first-order valence-electron chi connectivity index (χ1n) is 8.04. The van der Waals surface area contributed by atoms with Gasteiger partial charge in [0.15, 0.2) is 6.61 Å². The fourth-order valence-electron chi connectivity index (χ4n) is 2.48. The van der Waals surface area contributed by atoms with Crippen molar-refractivity contribution in [1.29, 1.82) is 0 Å². The van der Waals surface area contributed by atoms with Gasteiger partial charge in [-0.25, -0.2) is 4.39 Å². The number of nitrogens with zero attached hydrogens (tertiary/aromatic N) is 1. The zero-order valence-corrected chi connectivity index (χ0v) is 15.9. The molecule has 3 amide bonds. The number of halogens is 2. The van der Waals surface area contributed by atoms with Crippen LogP contribution in [0.4, 0.5) is 9.18 Å². The van der Waals surface area contributed by atoms with Gasteiger partial charge in [0.1, 0.15) is 11.6 Å². The molecular weight excluding hydrogens is 407 g/mol. The van der Waals surface area contributed by atoms with E-state index in [-0.39, 0.29) is 28.6 Å². The number of imide groups is 1. The first-order valence-corrected chi connectivity index (χ1v) is 9.24. The van der Waals surface area contributed by atoms with E-state index in [0.717, 1.165) is 16.7 Å². The number of ether oxygens (including phenoxy) is 1. The number of thioether (sulfide) groups is 1. The van der Waals surface area contributed by atoms with Crippen molar-refractivity contribution in [3.05, 3.63) is 69.3 Å². The summed E-state index contributed by atoms with van der Waals surface area (Å²) < 4.78 is 19.2. The lowest BCUT2D eigenvalue weighted by molar-refractivity contribution is -0.123. The van der Waals surface area contributed by atoms with Crippen molar-refractivity contribution in [2.75, 3.05) is 6.61 Å². The molecule has 28 heavy (non-hydrogen) atoms. The summed E-state index contributed by atoms with van der Waals surface area (Å²) in [6, 6.07) is 10.8. The molecule has 6 nitrogen and oxygen atoms in total. The summed E-state index contributed by atoms with van der Waals surface area (Å²) in [7, 11) is 0. The molecule has 2 aromatic carbocycles. The lowest BCUT2D eigenvalue weighted by Gasteiger charge is -2.14. The standard InChI is InChI=1S/C19H14ClFN2O4S/c20-14-5-2-6-15(21)13(14)9-23-18(25)16(28-19(23)26)8-11-3-1-4-12(7-11)27-10-17(22)24/h1-8H,9-10H2,(H2,22,24)/b16-8-. The molecular formula is C19H14ClFN2O4S. The molecule has 144 valence electrons. The second-order valence-electron chi connectivity index (χ2n) is 5.80. The Morgan fingerprint density at radius 3 is 2.71 bits per heavy atom. The minimum atomic E-state index is -0.613. The lowest BCUT2D eigenvalue weighted by atomic mass is 10.2. The SMILES string of the molecule is NC(=O)COc1cccc(/C=C2\SC(=O)N(Cc3c(F)cccc3Cl)C2=O)c1. The van der Waals surface area contributed by atoms with Crippen molar-refractivity contribution in [2.24, 2.45) is 5.73 Å². The summed E-state index contributed by atoms with van der Waals surface area (Å²) in [6.45, 7) is -0.529. The van der Waals surface area contributed by atoms with Crippen LogP contribution in [-0.2, 0) is 16.1 Å². The molecule has 0 atom stereocenters. The van der Waals surface area contributed by atoms with Gasteiger partial charge in [-0.15, -0.1) is 0 Å². The van der Waals surface area contributed by atoms with Crippen molar-refractivity contribution in [2.45, 2.75) is 6.54 Å². The third kappa shape index (κ3) is 4.52. The highest BCUT2D eigenvalue weighted by Gasteiger charge is 2.35. The van der Waals surface area contributed by atoms with E-state index in [9.17, 15) is 18.8 Å². The molecule has 0 unspecified atom stereocenters. The Morgan fingerprint density at radius 2 is 2.00 bits per heavy atom. The summed E-state index contributed by atoms with van der Waals surface area (Å²) in [5, 5.41) is -0.376. The smallest absolute Gasteiger partial charge is 0.293 e. The van der Waals surface area contributed by atoms with Gasteiger partial charge < -0.3 is 10.5 Å². The molecule has 2 N–H and O–H groups in total. The number of carbonyl (C=O) groups excluding carboxylic acids is 3. The monoisotopic (exact) mass is 420 g/mol. The second-order valence-corrected chi connectivity index (χ2v) is 7.20. The van der Waals surface area contributed by atoms with E-state index in [4.69, 9.17) is 22.1 Å². The normalized spacial score (nSPS) is 15.4. The molecule has 1 saturated heterocycles. The van der Waals surface area contributed by atoms with Gasteiger partial charge in [0, 0.05) is 10.6 Å². The summed E-state index contributed by atoms with van der Waals surface area (Å²) in [5.41, 5.74) is 5.71. The number of nitrogens with two attached hydrogens (primary N) is 1. The fraction of sp³-hybridized carbons (Fsp3) is 0.105. The van der Waals surface area contributed by atoms with E-state index in [0.29, 0.717) is 11.3 Å². The van der Waals surface area contributed by atoms with Crippen LogP contribution in [-0.4, -0.2) is 28.6 Å². The lowest BCUT2D eigenvalue weighted by Crippen LogP contribution is -2.28. The summed E-state index contributed by atoms with van der Waals surface area (Å²) in [5.74, 6) is -1.35. The molecule has 1 aliphatic heterocycles. The fourth-order valence-corrected chi connectivity index (χ4v) is 3.54. The highest BCUT2D eigenvalue weighted by atomic mass is 35.5. The van der Waals surface area contributed by atoms with E-state index >= 15 is 0 Å². The zero-order chi connectivity index (χ0) is 20.3. The number of rotatable bonds is 6. The van der Waals surface area contributed by atoms with Gasteiger partial charge >= 0.3 is 0 Å². The van der Waals surface area contributed by atoms with E-state index in [2.05, 4.69) is 0 Å². The topological polar surface area (TPSA) is 89.7 Å². The van der Waals surface area contributed by atoms with Crippen LogP contribution in [0.15, 0.2) is 47.4 Å². The number of amides is 3. The van der Waals surface area contributed by atoms with Crippen molar-refractivity contribution >= 4 is 46.5 Å². The van der Waals surface area contributed by atoms with Crippen LogP contribution in [0.5, 0.6) is 5.75 Å². The Morgan fingerprint density at radius 1 is 1.25 bits per heavy atom. The second kappa shape index (κ2) is 8.45. The van der Waals surface area contributed by atoms with Crippen LogP contribution in [0.25, 0.3) is 6.08 Å². The van der Waals surface area contributed by atoms with Crippen LogP contribution < -0.4 is 10.5 Å². The largest absolute Gasteiger partial charge is 0.484 e. The van der Waals surface area contributed by atoms with E-state index in [1.165, 1.54) is 24.3 Å². The van der Waals surface area contributed by atoms with Gasteiger partial charge in [0.2, 0.25) is 0 Å². The highest BCUT2D eigenvalue weighted by Crippen LogP contribution is 2.35. The summed E-state index contributed by atoms with van der Waals surface area (Å²) in [6.07, 6.45) is 1.52. The van der Waals surface area contributed by atoms with E-state index in [1.807, 2.05) is 0 Å². The molecule has 0 aliphatic carbocycles. The molecule has 3 rings (SSSR count). The summed E-state index contributed by atoms with van der Waals surface area (Å²) >= 11 is 6.73. The predicted octanol–water partition coefficient (Wildman–Crippen LogP) is 3.58. The third-order valence-electron chi connectivity index (χ3n) is 3.79. The molecule has 1 aliphatic rings. The molecule has 0 radical (unpaired) electrons. The number of carbonyl (C=O) groups is 3. The Balaban J connectivity index is 1.80. The Kier molecular flexibility index (Phi) is 6.01. The minimum Gasteiger partial charge on any atom is -0.484 e.